The standard InChI is InChI=1S/C16H26N6O3S/c1-5-11-15(13(6-2)21(3)18-11)26(23,24)20-12-8-7-9-22-16(12)17-14(19-22)10-25-4/h12,20H,5-10H2,1-4H3/t12-/m0/s1. The molecule has 1 aliphatic rings. The van der Waals surface area contributed by atoms with Crippen LogP contribution in [0.3, 0.4) is 0 Å². The summed E-state index contributed by atoms with van der Waals surface area (Å²) < 4.78 is 37.7. The number of hydrogen-bond donors (Lipinski definition) is 1. The fraction of sp³-hybridized carbons (Fsp3) is 0.688. The molecule has 0 aliphatic carbocycles. The summed E-state index contributed by atoms with van der Waals surface area (Å²) in [5, 5.41) is 8.77. The lowest BCUT2D eigenvalue weighted by atomic mass is 10.1. The Morgan fingerprint density at radius 3 is 2.69 bits per heavy atom. The third-order valence-electron chi connectivity index (χ3n) is 4.61. The SMILES string of the molecule is CCc1nn(C)c(CC)c1S(=O)(=O)N[C@H]1CCCn2nc(COC)nc21. The van der Waals surface area contributed by atoms with E-state index in [4.69, 9.17) is 4.74 Å². The maximum atomic E-state index is 13.2. The lowest BCUT2D eigenvalue weighted by molar-refractivity contribution is 0.177. The quantitative estimate of drug-likeness (QED) is 0.769. The summed E-state index contributed by atoms with van der Waals surface area (Å²) in [6.07, 6.45) is 2.68. The van der Waals surface area contributed by atoms with Crippen LogP contribution in [0.1, 0.15) is 55.8 Å². The zero-order chi connectivity index (χ0) is 18.9. The van der Waals surface area contributed by atoms with Gasteiger partial charge >= 0.3 is 0 Å². The van der Waals surface area contributed by atoms with E-state index in [1.807, 2.05) is 13.8 Å². The van der Waals surface area contributed by atoms with Gasteiger partial charge in [0.05, 0.1) is 17.4 Å². The Labute approximate surface area is 153 Å². The van der Waals surface area contributed by atoms with Crippen molar-refractivity contribution in [2.24, 2.45) is 7.05 Å². The van der Waals surface area contributed by atoms with Crippen molar-refractivity contribution in [1.82, 2.24) is 29.3 Å². The van der Waals surface area contributed by atoms with E-state index >= 15 is 0 Å². The summed E-state index contributed by atoms with van der Waals surface area (Å²) in [6.45, 7) is 4.89. The fourth-order valence-electron chi connectivity index (χ4n) is 3.48. The van der Waals surface area contributed by atoms with Gasteiger partial charge in [-0.05, 0) is 25.7 Å². The second kappa shape index (κ2) is 7.45. The van der Waals surface area contributed by atoms with Gasteiger partial charge in [-0.1, -0.05) is 13.8 Å². The number of sulfonamides is 1. The normalized spacial score (nSPS) is 17.5. The summed E-state index contributed by atoms with van der Waals surface area (Å²) in [6, 6.07) is -0.401. The molecule has 0 bridgehead atoms. The van der Waals surface area contributed by atoms with Crippen LogP contribution in [0.4, 0.5) is 0 Å². The van der Waals surface area contributed by atoms with E-state index in [1.54, 1.807) is 23.5 Å². The highest BCUT2D eigenvalue weighted by atomic mass is 32.2. The topological polar surface area (TPSA) is 104 Å². The first-order valence-corrected chi connectivity index (χ1v) is 10.4. The Bertz CT molecular complexity index is 886. The highest BCUT2D eigenvalue weighted by molar-refractivity contribution is 7.89. The first-order valence-electron chi connectivity index (χ1n) is 8.90. The fourth-order valence-corrected chi connectivity index (χ4v) is 5.28. The van der Waals surface area contributed by atoms with Gasteiger partial charge in [0.25, 0.3) is 0 Å². The molecule has 1 aliphatic heterocycles. The monoisotopic (exact) mass is 382 g/mol. The van der Waals surface area contributed by atoms with Crippen molar-refractivity contribution in [2.45, 2.75) is 63.6 Å². The highest BCUT2D eigenvalue weighted by Crippen LogP contribution is 2.28. The van der Waals surface area contributed by atoms with Crippen molar-refractivity contribution < 1.29 is 13.2 Å². The summed E-state index contributed by atoms with van der Waals surface area (Å²) in [4.78, 5) is 4.77. The molecule has 0 spiro atoms. The molecule has 26 heavy (non-hydrogen) atoms. The van der Waals surface area contributed by atoms with Gasteiger partial charge in [0.2, 0.25) is 10.0 Å². The first-order chi connectivity index (χ1) is 12.4. The predicted molar refractivity (Wildman–Crippen MR) is 95.0 cm³/mol. The van der Waals surface area contributed by atoms with Crippen LogP contribution >= 0.6 is 0 Å². The summed E-state index contributed by atoms with van der Waals surface area (Å²) >= 11 is 0. The predicted octanol–water partition coefficient (Wildman–Crippen LogP) is 1.10. The molecule has 2 aromatic heterocycles. The lowest BCUT2D eigenvalue weighted by Crippen LogP contribution is -2.34. The number of aromatic nitrogens is 5. The summed E-state index contributed by atoms with van der Waals surface area (Å²) in [5.74, 6) is 1.21. The van der Waals surface area contributed by atoms with Crippen molar-refractivity contribution >= 4 is 10.0 Å². The number of ether oxygens (including phenoxy) is 1. The number of nitrogens with zero attached hydrogens (tertiary/aromatic N) is 5. The van der Waals surface area contributed by atoms with Gasteiger partial charge < -0.3 is 4.74 Å². The molecule has 0 radical (unpaired) electrons. The third kappa shape index (κ3) is 3.40. The van der Waals surface area contributed by atoms with Crippen LogP contribution in [-0.4, -0.2) is 40.1 Å². The van der Waals surface area contributed by atoms with Gasteiger partial charge in [-0.25, -0.2) is 22.8 Å². The van der Waals surface area contributed by atoms with Crippen molar-refractivity contribution in [3.05, 3.63) is 23.0 Å². The summed E-state index contributed by atoms with van der Waals surface area (Å²) in [5.41, 5.74) is 1.31. The van der Waals surface area contributed by atoms with Gasteiger partial charge in [0, 0.05) is 20.7 Å². The minimum absolute atomic E-state index is 0.304. The minimum Gasteiger partial charge on any atom is -0.377 e. The number of methoxy groups -OCH3 is 1. The molecule has 0 saturated heterocycles. The molecule has 0 saturated carbocycles. The zero-order valence-corrected chi connectivity index (χ0v) is 16.5. The van der Waals surface area contributed by atoms with Crippen molar-refractivity contribution in [3.63, 3.8) is 0 Å². The van der Waals surface area contributed by atoms with Gasteiger partial charge in [-0.15, -0.1) is 0 Å². The Kier molecular flexibility index (Phi) is 5.44. The number of rotatable bonds is 7. The van der Waals surface area contributed by atoms with Crippen LogP contribution in [0.25, 0.3) is 0 Å². The molecule has 3 heterocycles. The average molecular weight is 382 g/mol. The maximum absolute atomic E-state index is 13.2. The molecule has 0 unspecified atom stereocenters. The van der Waals surface area contributed by atoms with E-state index in [9.17, 15) is 8.42 Å². The Balaban J connectivity index is 1.95. The number of nitrogens with one attached hydrogen (secondary N) is 1. The third-order valence-corrected chi connectivity index (χ3v) is 6.22. The van der Waals surface area contributed by atoms with E-state index in [1.165, 1.54) is 0 Å². The second-order valence-corrected chi connectivity index (χ2v) is 8.06. The molecule has 10 heteroatoms. The van der Waals surface area contributed by atoms with Crippen LogP contribution in [0.15, 0.2) is 4.90 Å². The molecule has 9 nitrogen and oxygen atoms in total. The Morgan fingerprint density at radius 2 is 2.04 bits per heavy atom. The van der Waals surface area contributed by atoms with Crippen LogP contribution in [-0.2, 0) is 47.8 Å². The minimum atomic E-state index is -3.72. The second-order valence-electron chi connectivity index (χ2n) is 6.41. The molecule has 1 N–H and O–H groups in total. The largest absolute Gasteiger partial charge is 0.377 e. The van der Waals surface area contributed by atoms with Gasteiger partial charge in [-0.2, -0.15) is 10.2 Å². The van der Waals surface area contributed by atoms with E-state index in [0.717, 1.165) is 13.0 Å². The number of hydrogen-bond acceptors (Lipinski definition) is 6. The highest BCUT2D eigenvalue weighted by Gasteiger charge is 2.32. The van der Waals surface area contributed by atoms with Crippen LogP contribution in [0.2, 0.25) is 0 Å². The molecule has 0 amide bonds. The molecular formula is C16H26N6O3S. The van der Waals surface area contributed by atoms with Gasteiger partial charge in [0.15, 0.2) is 5.82 Å². The molecule has 0 aromatic carbocycles. The van der Waals surface area contributed by atoms with Gasteiger partial charge in [0.1, 0.15) is 17.3 Å². The maximum Gasteiger partial charge on any atom is 0.244 e. The lowest BCUT2D eigenvalue weighted by Gasteiger charge is -2.23. The Morgan fingerprint density at radius 1 is 1.27 bits per heavy atom. The molecule has 3 rings (SSSR count). The van der Waals surface area contributed by atoms with Crippen LogP contribution < -0.4 is 4.72 Å². The van der Waals surface area contributed by atoms with E-state index < -0.39 is 16.1 Å². The van der Waals surface area contributed by atoms with Crippen molar-refractivity contribution in [1.29, 1.82) is 0 Å². The molecular weight excluding hydrogens is 356 g/mol. The van der Waals surface area contributed by atoms with Crippen molar-refractivity contribution in [2.75, 3.05) is 7.11 Å². The number of aryl methyl sites for hydroxylation is 3. The van der Waals surface area contributed by atoms with Crippen molar-refractivity contribution in [3.8, 4) is 0 Å². The smallest absolute Gasteiger partial charge is 0.244 e. The van der Waals surface area contributed by atoms with E-state index in [0.29, 0.717) is 53.8 Å². The van der Waals surface area contributed by atoms with Crippen LogP contribution in [0.5, 0.6) is 0 Å². The summed E-state index contributed by atoms with van der Waals surface area (Å²) in [7, 11) is -0.349. The Hall–Kier alpha value is -1.78. The van der Waals surface area contributed by atoms with E-state index in [-0.39, 0.29) is 0 Å². The molecule has 2 aromatic rings. The average Bonchev–Trinajstić information content (AvgIpc) is 3.15. The zero-order valence-electron chi connectivity index (χ0n) is 15.7. The van der Waals surface area contributed by atoms with E-state index in [2.05, 4.69) is 19.9 Å². The van der Waals surface area contributed by atoms with Gasteiger partial charge in [-0.3, -0.25) is 4.68 Å². The molecule has 1 atom stereocenters. The van der Waals surface area contributed by atoms with Crippen LogP contribution in [0, 0.1) is 0 Å². The molecule has 0 fully saturated rings. The molecule has 144 valence electrons. The number of fused-ring (bicyclic) bond motifs is 1. The first kappa shape index (κ1) is 19.0.